The average molecular weight is 336 g/mol. The van der Waals surface area contributed by atoms with Crippen molar-refractivity contribution in [3.63, 3.8) is 0 Å². The number of sulfone groups is 1. The zero-order chi connectivity index (χ0) is 16.4. The highest BCUT2D eigenvalue weighted by Gasteiger charge is 2.32. The lowest BCUT2D eigenvalue weighted by Gasteiger charge is -2.23. The second-order valence-corrected chi connectivity index (χ2v) is 8.83. The molecule has 2 aliphatic heterocycles. The summed E-state index contributed by atoms with van der Waals surface area (Å²) in [6, 6.07) is 7.99. The van der Waals surface area contributed by atoms with E-state index in [2.05, 4.69) is 17.0 Å². The second kappa shape index (κ2) is 6.51. The van der Waals surface area contributed by atoms with Crippen LogP contribution in [-0.2, 0) is 21.1 Å². The summed E-state index contributed by atoms with van der Waals surface area (Å²) < 4.78 is 23.1. The highest BCUT2D eigenvalue weighted by Crippen LogP contribution is 2.21. The summed E-state index contributed by atoms with van der Waals surface area (Å²) in [7, 11) is -1.25. The van der Waals surface area contributed by atoms with Crippen LogP contribution in [0.4, 0.5) is 5.69 Å². The van der Waals surface area contributed by atoms with Crippen LogP contribution >= 0.6 is 0 Å². The largest absolute Gasteiger partial charge is 0.372 e. The van der Waals surface area contributed by atoms with Crippen LogP contribution in [0.3, 0.4) is 0 Å². The van der Waals surface area contributed by atoms with Crippen LogP contribution in [0.5, 0.6) is 0 Å². The molecule has 0 aromatic heterocycles. The molecule has 3 rings (SSSR count). The van der Waals surface area contributed by atoms with Crippen molar-refractivity contribution in [2.24, 2.45) is 0 Å². The first kappa shape index (κ1) is 16.3. The van der Waals surface area contributed by atoms with Gasteiger partial charge in [0.2, 0.25) is 5.91 Å². The number of amides is 1. The number of anilines is 1. The van der Waals surface area contributed by atoms with Gasteiger partial charge >= 0.3 is 0 Å². The van der Waals surface area contributed by atoms with Gasteiger partial charge in [0, 0.05) is 31.9 Å². The third kappa shape index (κ3) is 3.86. The molecule has 6 heteroatoms. The molecule has 0 N–H and O–H groups in total. The van der Waals surface area contributed by atoms with Crippen LogP contribution in [0.2, 0.25) is 0 Å². The molecule has 2 saturated heterocycles. The van der Waals surface area contributed by atoms with E-state index in [0.29, 0.717) is 12.8 Å². The summed E-state index contributed by atoms with van der Waals surface area (Å²) in [6.45, 7) is 2.22. The predicted molar refractivity (Wildman–Crippen MR) is 91.4 cm³/mol. The van der Waals surface area contributed by atoms with Gasteiger partial charge in [-0.3, -0.25) is 4.79 Å². The predicted octanol–water partition coefficient (Wildman–Crippen LogP) is 1.47. The minimum absolute atomic E-state index is 0.0129. The number of hydrogen-bond donors (Lipinski definition) is 0. The Labute approximate surface area is 138 Å². The summed E-state index contributed by atoms with van der Waals surface area (Å²) in [6.07, 6.45) is 3.37. The van der Waals surface area contributed by atoms with E-state index < -0.39 is 9.84 Å². The molecular weight excluding hydrogens is 312 g/mol. The lowest BCUT2D eigenvalue weighted by Crippen LogP contribution is -2.38. The van der Waals surface area contributed by atoms with Crippen LogP contribution in [-0.4, -0.2) is 56.9 Å². The highest BCUT2D eigenvalue weighted by atomic mass is 32.2. The van der Waals surface area contributed by atoms with E-state index in [4.69, 9.17) is 0 Å². The van der Waals surface area contributed by atoms with Gasteiger partial charge in [0.15, 0.2) is 9.84 Å². The Morgan fingerprint density at radius 3 is 2.43 bits per heavy atom. The number of rotatable bonds is 4. The van der Waals surface area contributed by atoms with Gasteiger partial charge in [0.25, 0.3) is 0 Å². The molecule has 1 unspecified atom stereocenters. The maximum absolute atomic E-state index is 12.4. The lowest BCUT2D eigenvalue weighted by molar-refractivity contribution is -0.130. The van der Waals surface area contributed by atoms with Crippen molar-refractivity contribution < 1.29 is 13.2 Å². The van der Waals surface area contributed by atoms with Gasteiger partial charge in [-0.15, -0.1) is 0 Å². The van der Waals surface area contributed by atoms with E-state index in [-0.39, 0.29) is 23.5 Å². The molecule has 23 heavy (non-hydrogen) atoms. The van der Waals surface area contributed by atoms with E-state index in [1.807, 2.05) is 12.1 Å². The topological polar surface area (TPSA) is 57.7 Å². The first-order chi connectivity index (χ1) is 10.9. The van der Waals surface area contributed by atoms with Gasteiger partial charge in [0.05, 0.1) is 17.9 Å². The molecule has 5 nitrogen and oxygen atoms in total. The van der Waals surface area contributed by atoms with E-state index in [1.54, 1.807) is 11.9 Å². The minimum Gasteiger partial charge on any atom is -0.372 e. The number of hydrogen-bond acceptors (Lipinski definition) is 4. The van der Waals surface area contributed by atoms with Crippen molar-refractivity contribution in [2.45, 2.75) is 31.7 Å². The van der Waals surface area contributed by atoms with E-state index in [0.717, 1.165) is 18.7 Å². The van der Waals surface area contributed by atoms with Gasteiger partial charge in [-0.2, -0.15) is 0 Å². The standard InChI is InChI=1S/C17H24N2O3S/c1-18(16-8-11-23(21,22)13-16)17(20)12-14-4-6-15(7-5-14)19-9-2-3-10-19/h4-7,16H,2-3,8-13H2,1H3. The van der Waals surface area contributed by atoms with Gasteiger partial charge in [0.1, 0.15) is 0 Å². The van der Waals surface area contributed by atoms with Gasteiger partial charge < -0.3 is 9.80 Å². The van der Waals surface area contributed by atoms with Gasteiger partial charge in [-0.25, -0.2) is 8.42 Å². The molecule has 0 aliphatic carbocycles. The van der Waals surface area contributed by atoms with Crippen molar-refractivity contribution in [3.05, 3.63) is 29.8 Å². The van der Waals surface area contributed by atoms with Crippen molar-refractivity contribution in [3.8, 4) is 0 Å². The quantitative estimate of drug-likeness (QED) is 0.836. The van der Waals surface area contributed by atoms with E-state index in [9.17, 15) is 13.2 Å². The van der Waals surface area contributed by atoms with Crippen molar-refractivity contribution in [1.82, 2.24) is 4.90 Å². The summed E-state index contributed by atoms with van der Waals surface area (Å²) in [4.78, 5) is 16.3. The molecule has 1 atom stereocenters. The lowest BCUT2D eigenvalue weighted by atomic mass is 10.1. The summed E-state index contributed by atoms with van der Waals surface area (Å²) in [5.74, 6) is 0.282. The summed E-state index contributed by atoms with van der Waals surface area (Å²) in [5, 5.41) is 0. The first-order valence-corrected chi connectivity index (χ1v) is 10.1. The van der Waals surface area contributed by atoms with Crippen molar-refractivity contribution >= 4 is 21.4 Å². The van der Waals surface area contributed by atoms with Crippen molar-refractivity contribution in [1.29, 1.82) is 0 Å². The normalized spacial score (nSPS) is 23.2. The Balaban J connectivity index is 1.59. The smallest absolute Gasteiger partial charge is 0.227 e. The van der Waals surface area contributed by atoms with Crippen LogP contribution in [0.1, 0.15) is 24.8 Å². The number of carbonyl (C=O) groups is 1. The number of carbonyl (C=O) groups excluding carboxylic acids is 1. The molecule has 2 heterocycles. The molecule has 1 aromatic rings. The maximum atomic E-state index is 12.4. The SMILES string of the molecule is CN(C(=O)Cc1ccc(N2CCCC2)cc1)C1CCS(=O)(=O)C1. The minimum atomic E-state index is -2.96. The zero-order valence-corrected chi connectivity index (χ0v) is 14.4. The van der Waals surface area contributed by atoms with Crippen LogP contribution in [0.25, 0.3) is 0 Å². The van der Waals surface area contributed by atoms with Crippen LogP contribution in [0, 0.1) is 0 Å². The average Bonchev–Trinajstić information content (AvgIpc) is 3.16. The van der Waals surface area contributed by atoms with Crippen LogP contribution < -0.4 is 4.90 Å². The molecule has 1 amide bonds. The molecular formula is C17H24N2O3S. The summed E-state index contributed by atoms with van der Waals surface area (Å²) >= 11 is 0. The zero-order valence-electron chi connectivity index (χ0n) is 13.6. The number of nitrogens with zero attached hydrogens (tertiary/aromatic N) is 2. The second-order valence-electron chi connectivity index (χ2n) is 6.60. The molecule has 2 fully saturated rings. The Morgan fingerprint density at radius 2 is 1.87 bits per heavy atom. The molecule has 0 spiro atoms. The fraction of sp³-hybridized carbons (Fsp3) is 0.588. The Bertz CT molecular complexity index is 664. The van der Waals surface area contributed by atoms with Gasteiger partial charge in [-0.05, 0) is 37.0 Å². The molecule has 126 valence electrons. The molecule has 0 bridgehead atoms. The van der Waals surface area contributed by atoms with Gasteiger partial charge in [-0.1, -0.05) is 12.1 Å². The molecule has 2 aliphatic rings. The fourth-order valence-electron chi connectivity index (χ4n) is 3.38. The fourth-order valence-corrected chi connectivity index (χ4v) is 5.16. The molecule has 1 aromatic carbocycles. The van der Waals surface area contributed by atoms with E-state index in [1.165, 1.54) is 18.5 Å². The first-order valence-electron chi connectivity index (χ1n) is 8.24. The van der Waals surface area contributed by atoms with Crippen LogP contribution in [0.15, 0.2) is 24.3 Å². The summed E-state index contributed by atoms with van der Waals surface area (Å²) in [5.41, 5.74) is 2.19. The van der Waals surface area contributed by atoms with E-state index >= 15 is 0 Å². The number of benzene rings is 1. The van der Waals surface area contributed by atoms with Crippen molar-refractivity contribution in [2.75, 3.05) is 36.5 Å². The molecule has 0 saturated carbocycles. The third-order valence-electron chi connectivity index (χ3n) is 4.91. The Kier molecular flexibility index (Phi) is 4.62. The number of likely N-dealkylation sites (N-methyl/N-ethyl adjacent to an activating group) is 1. The Hall–Kier alpha value is -1.56. The third-order valence-corrected chi connectivity index (χ3v) is 6.66. The monoisotopic (exact) mass is 336 g/mol. The molecule has 0 radical (unpaired) electrons. The maximum Gasteiger partial charge on any atom is 0.227 e. The highest BCUT2D eigenvalue weighted by molar-refractivity contribution is 7.91. The Morgan fingerprint density at radius 1 is 1.22 bits per heavy atom.